The molecule has 0 radical (unpaired) electrons. The number of aliphatic hydroxyl groups excluding tert-OH is 1. The minimum Gasteiger partial charge on any atom is -0.392 e. The van der Waals surface area contributed by atoms with E-state index in [0.717, 1.165) is 6.07 Å². The summed E-state index contributed by atoms with van der Waals surface area (Å²) in [6.45, 7) is 0.335. The Balaban J connectivity index is 2.35. The van der Waals surface area contributed by atoms with Gasteiger partial charge in [-0.1, -0.05) is 0 Å². The molecule has 17 heavy (non-hydrogen) atoms. The number of rotatable bonds is 2. The first-order valence-corrected chi connectivity index (χ1v) is 7.28. The van der Waals surface area contributed by atoms with E-state index in [1.807, 2.05) is 0 Å². The van der Waals surface area contributed by atoms with Gasteiger partial charge in [-0.05, 0) is 40.5 Å². The van der Waals surface area contributed by atoms with Crippen LogP contribution >= 0.6 is 15.9 Å². The fourth-order valence-electron chi connectivity index (χ4n) is 1.72. The lowest BCUT2D eigenvalue weighted by atomic mass is 10.3. The molecule has 1 heterocycles. The third-order valence-corrected chi connectivity index (χ3v) is 5.16. The molecule has 4 nitrogen and oxygen atoms in total. The van der Waals surface area contributed by atoms with Gasteiger partial charge in [0, 0.05) is 13.1 Å². The van der Waals surface area contributed by atoms with Crippen molar-refractivity contribution < 1.29 is 17.9 Å². The van der Waals surface area contributed by atoms with Crippen molar-refractivity contribution >= 4 is 26.0 Å². The Hall–Kier alpha value is -0.500. The zero-order chi connectivity index (χ0) is 12.6. The summed E-state index contributed by atoms with van der Waals surface area (Å²) in [5.74, 6) is -0.620. The number of β-amino-alcohol motifs (C(OH)–C–C–N with tert-alkyl or cyclic N) is 1. The van der Waals surface area contributed by atoms with E-state index in [2.05, 4.69) is 15.9 Å². The van der Waals surface area contributed by atoms with Crippen molar-refractivity contribution in [1.29, 1.82) is 0 Å². The summed E-state index contributed by atoms with van der Waals surface area (Å²) in [5, 5.41) is 9.32. The van der Waals surface area contributed by atoms with Gasteiger partial charge < -0.3 is 5.11 Å². The van der Waals surface area contributed by atoms with Crippen molar-refractivity contribution in [3.8, 4) is 0 Å². The van der Waals surface area contributed by atoms with Crippen LogP contribution in [0.15, 0.2) is 27.6 Å². The van der Waals surface area contributed by atoms with Crippen molar-refractivity contribution in [2.45, 2.75) is 17.4 Å². The molecule has 0 bridgehead atoms. The largest absolute Gasteiger partial charge is 0.392 e. The summed E-state index contributed by atoms with van der Waals surface area (Å²) in [6, 6.07) is 3.67. The van der Waals surface area contributed by atoms with E-state index in [0.29, 0.717) is 6.42 Å². The lowest BCUT2D eigenvalue weighted by Crippen LogP contribution is -2.29. The van der Waals surface area contributed by atoms with Crippen LogP contribution in [0.1, 0.15) is 6.42 Å². The number of sulfonamides is 1. The van der Waals surface area contributed by atoms with E-state index in [-0.39, 0.29) is 22.5 Å². The second-order valence-corrected chi connectivity index (χ2v) is 6.67. The van der Waals surface area contributed by atoms with E-state index in [4.69, 9.17) is 0 Å². The first-order chi connectivity index (χ1) is 7.91. The normalized spacial score (nSPS) is 21.9. The molecule has 0 aromatic heterocycles. The summed E-state index contributed by atoms with van der Waals surface area (Å²) in [4.78, 5) is -0.0905. The van der Waals surface area contributed by atoms with Gasteiger partial charge in [0.25, 0.3) is 0 Å². The average Bonchev–Trinajstić information content (AvgIpc) is 2.69. The number of halogens is 2. The topological polar surface area (TPSA) is 57.6 Å². The molecule has 1 atom stereocenters. The van der Waals surface area contributed by atoms with E-state index < -0.39 is 21.9 Å². The molecular formula is C10H11BrFNO3S. The van der Waals surface area contributed by atoms with Crippen LogP contribution in [-0.4, -0.2) is 37.0 Å². The van der Waals surface area contributed by atoms with Crippen LogP contribution in [0.3, 0.4) is 0 Å². The first kappa shape index (κ1) is 12.9. The fourth-order valence-corrected chi connectivity index (χ4v) is 3.47. The summed E-state index contributed by atoms with van der Waals surface area (Å²) in [6.07, 6.45) is -0.219. The lowest BCUT2D eigenvalue weighted by molar-refractivity contribution is 0.189. The van der Waals surface area contributed by atoms with Crippen LogP contribution in [0, 0.1) is 5.82 Å². The van der Waals surface area contributed by atoms with Crippen LogP contribution in [0.25, 0.3) is 0 Å². The highest BCUT2D eigenvalue weighted by molar-refractivity contribution is 9.10. The predicted molar refractivity (Wildman–Crippen MR) is 63.5 cm³/mol. The monoisotopic (exact) mass is 323 g/mol. The minimum atomic E-state index is -3.70. The molecule has 0 aliphatic carbocycles. The molecule has 1 fully saturated rings. The standard InChI is InChI=1S/C10H11BrFNO3S/c11-9-2-1-8(5-10(9)12)17(15,16)13-4-3-7(14)6-13/h1-2,5,7,14H,3-4,6H2. The molecule has 94 valence electrons. The quantitative estimate of drug-likeness (QED) is 0.893. The Bertz CT molecular complexity index is 534. The highest BCUT2D eigenvalue weighted by Crippen LogP contribution is 2.24. The van der Waals surface area contributed by atoms with Gasteiger partial charge in [0.1, 0.15) is 5.82 Å². The molecule has 0 saturated carbocycles. The number of hydrogen-bond donors (Lipinski definition) is 1. The first-order valence-electron chi connectivity index (χ1n) is 5.04. The van der Waals surface area contributed by atoms with Crippen molar-refractivity contribution in [3.05, 3.63) is 28.5 Å². The molecule has 0 amide bonds. The van der Waals surface area contributed by atoms with Crippen LogP contribution in [-0.2, 0) is 10.0 Å². The van der Waals surface area contributed by atoms with E-state index >= 15 is 0 Å². The van der Waals surface area contributed by atoms with Gasteiger partial charge in [0.15, 0.2) is 0 Å². The van der Waals surface area contributed by atoms with Crippen molar-refractivity contribution in [2.24, 2.45) is 0 Å². The SMILES string of the molecule is O=S(=O)(c1ccc(Br)c(F)c1)N1CCC(O)C1. The number of nitrogens with zero attached hydrogens (tertiary/aromatic N) is 1. The van der Waals surface area contributed by atoms with E-state index in [9.17, 15) is 17.9 Å². The van der Waals surface area contributed by atoms with Gasteiger partial charge in [-0.15, -0.1) is 0 Å². The number of aliphatic hydroxyl groups is 1. The number of hydrogen-bond acceptors (Lipinski definition) is 3. The maximum absolute atomic E-state index is 13.3. The second-order valence-electron chi connectivity index (χ2n) is 3.88. The van der Waals surface area contributed by atoms with Crippen LogP contribution in [0.4, 0.5) is 4.39 Å². The highest BCUT2D eigenvalue weighted by Gasteiger charge is 2.31. The molecule has 0 spiro atoms. The van der Waals surface area contributed by atoms with Crippen molar-refractivity contribution in [1.82, 2.24) is 4.31 Å². The summed E-state index contributed by atoms with van der Waals surface area (Å²) in [5.41, 5.74) is 0. The Morgan fingerprint density at radius 3 is 2.71 bits per heavy atom. The third kappa shape index (κ3) is 2.52. The molecule has 1 aromatic carbocycles. The molecule has 1 saturated heterocycles. The fraction of sp³-hybridized carbons (Fsp3) is 0.400. The van der Waals surface area contributed by atoms with E-state index in [1.165, 1.54) is 16.4 Å². The van der Waals surface area contributed by atoms with Gasteiger partial charge in [-0.2, -0.15) is 4.31 Å². The molecule has 7 heteroatoms. The Morgan fingerprint density at radius 2 is 2.18 bits per heavy atom. The van der Waals surface area contributed by atoms with Gasteiger partial charge in [-0.25, -0.2) is 12.8 Å². The second kappa shape index (κ2) is 4.64. The molecular weight excluding hydrogens is 313 g/mol. The summed E-state index contributed by atoms with van der Waals surface area (Å²) in [7, 11) is -3.70. The molecule has 1 unspecified atom stereocenters. The molecule has 1 N–H and O–H groups in total. The molecule has 1 aromatic rings. The van der Waals surface area contributed by atoms with Crippen molar-refractivity contribution in [2.75, 3.05) is 13.1 Å². The average molecular weight is 324 g/mol. The van der Waals surface area contributed by atoms with Gasteiger partial charge in [0.05, 0.1) is 15.5 Å². The highest BCUT2D eigenvalue weighted by atomic mass is 79.9. The molecule has 1 aliphatic heterocycles. The van der Waals surface area contributed by atoms with Crippen LogP contribution in [0.2, 0.25) is 0 Å². The predicted octanol–water partition coefficient (Wildman–Crippen LogP) is 1.34. The van der Waals surface area contributed by atoms with Crippen LogP contribution < -0.4 is 0 Å². The molecule has 1 aliphatic rings. The number of benzene rings is 1. The minimum absolute atomic E-state index is 0.0695. The van der Waals surface area contributed by atoms with E-state index in [1.54, 1.807) is 0 Å². The maximum Gasteiger partial charge on any atom is 0.243 e. The Morgan fingerprint density at radius 1 is 1.47 bits per heavy atom. The van der Waals surface area contributed by atoms with Crippen LogP contribution in [0.5, 0.6) is 0 Å². The molecule has 2 rings (SSSR count). The maximum atomic E-state index is 13.3. The summed E-state index contributed by atoms with van der Waals surface area (Å²) < 4.78 is 38.8. The van der Waals surface area contributed by atoms with Gasteiger partial charge in [-0.3, -0.25) is 0 Å². The Kier molecular flexibility index (Phi) is 3.53. The Labute approximate surface area is 107 Å². The zero-order valence-corrected chi connectivity index (χ0v) is 11.2. The lowest BCUT2D eigenvalue weighted by Gasteiger charge is -2.15. The summed E-state index contributed by atoms with van der Waals surface area (Å²) >= 11 is 2.97. The van der Waals surface area contributed by atoms with Gasteiger partial charge in [0.2, 0.25) is 10.0 Å². The third-order valence-electron chi connectivity index (χ3n) is 2.65. The van der Waals surface area contributed by atoms with Crippen molar-refractivity contribution in [3.63, 3.8) is 0 Å². The zero-order valence-electron chi connectivity index (χ0n) is 8.81. The van der Waals surface area contributed by atoms with Gasteiger partial charge >= 0.3 is 0 Å². The smallest absolute Gasteiger partial charge is 0.243 e.